The number of carbonyl (C=O) groups excluding carboxylic acids is 1. The highest BCUT2D eigenvalue weighted by Crippen LogP contribution is 2.31. The van der Waals surface area contributed by atoms with Crippen LogP contribution in [0.3, 0.4) is 0 Å². The summed E-state index contributed by atoms with van der Waals surface area (Å²) in [5, 5.41) is 14.4. The van der Waals surface area contributed by atoms with Gasteiger partial charge in [-0.15, -0.1) is 0 Å². The third kappa shape index (κ3) is 8.31. The Morgan fingerprint density at radius 1 is 0.933 bits per heavy atom. The molecule has 4 rings (SSSR count). The van der Waals surface area contributed by atoms with Gasteiger partial charge in [0.05, 0.1) is 17.9 Å². The van der Waals surface area contributed by atoms with Crippen LogP contribution in [0.4, 0.5) is 10.6 Å². The summed E-state index contributed by atoms with van der Waals surface area (Å²) in [4.78, 5) is 35.6. The van der Waals surface area contributed by atoms with Crippen LogP contribution in [0.2, 0.25) is 0 Å². The summed E-state index contributed by atoms with van der Waals surface area (Å²) in [5.41, 5.74) is 0.00519. The number of nitrogens with zero attached hydrogens (tertiary/aromatic N) is 6. The van der Waals surface area contributed by atoms with E-state index in [9.17, 15) is 23.1 Å². The largest absolute Gasteiger partial charge is 0.480 e. The molecule has 0 spiro atoms. The first-order valence-corrected chi connectivity index (χ1v) is 15.7. The molecule has 4 aromatic rings. The van der Waals surface area contributed by atoms with Gasteiger partial charge in [-0.05, 0) is 74.2 Å². The summed E-state index contributed by atoms with van der Waals surface area (Å²) in [6.07, 6.45) is 5.36. The number of carboxylic acid groups (broad SMARTS) is 1. The lowest BCUT2D eigenvalue weighted by Gasteiger charge is -2.37. The monoisotopic (exact) mass is 634 g/mol. The van der Waals surface area contributed by atoms with Crippen LogP contribution in [0.1, 0.15) is 52.8 Å². The number of aromatic nitrogens is 4. The Morgan fingerprint density at radius 3 is 2.20 bits per heavy atom. The zero-order chi connectivity index (χ0) is 33.0. The lowest BCUT2D eigenvalue weighted by Crippen LogP contribution is -2.54. The number of hydrogen-bond acceptors (Lipinski definition) is 8. The van der Waals surface area contributed by atoms with Crippen LogP contribution in [-0.2, 0) is 32.6 Å². The minimum atomic E-state index is -4.06. The Labute approximate surface area is 263 Å². The zero-order valence-corrected chi connectivity index (χ0v) is 27.0. The molecule has 0 aliphatic heterocycles. The number of aliphatic carboxylic acids is 1. The Kier molecular flexibility index (Phi) is 9.74. The van der Waals surface area contributed by atoms with Crippen molar-refractivity contribution in [3.63, 3.8) is 0 Å². The molecule has 0 aliphatic carbocycles. The topological polar surface area (TPSA) is 148 Å². The molecule has 1 amide bonds. The Morgan fingerprint density at radius 2 is 1.64 bits per heavy atom. The highest BCUT2D eigenvalue weighted by Gasteiger charge is 2.42. The van der Waals surface area contributed by atoms with E-state index < -0.39 is 39.1 Å². The van der Waals surface area contributed by atoms with Gasteiger partial charge in [-0.25, -0.2) is 32.6 Å². The van der Waals surface area contributed by atoms with Crippen molar-refractivity contribution in [1.29, 1.82) is 0 Å². The second-order valence-corrected chi connectivity index (χ2v) is 14.5. The molecule has 1 N–H and O–H groups in total. The molecule has 12 nitrogen and oxygen atoms in total. The number of carbonyl (C=O) groups is 2. The van der Waals surface area contributed by atoms with Crippen LogP contribution in [0.25, 0.3) is 5.69 Å². The maximum atomic E-state index is 13.9. The minimum Gasteiger partial charge on any atom is -0.480 e. The fourth-order valence-electron chi connectivity index (χ4n) is 4.63. The number of pyridine rings is 2. The number of ether oxygens (including phenoxy) is 1. The smallest absolute Gasteiger partial charge is 0.416 e. The second kappa shape index (κ2) is 13.2. The van der Waals surface area contributed by atoms with E-state index in [-0.39, 0.29) is 23.8 Å². The number of rotatable bonds is 10. The average molecular weight is 635 g/mol. The molecule has 0 radical (unpaired) electrons. The Bertz CT molecular complexity index is 1710. The molecule has 0 saturated carbocycles. The lowest BCUT2D eigenvalue weighted by molar-refractivity contribution is -0.141. The average Bonchev–Trinajstić information content (AvgIpc) is 3.50. The summed E-state index contributed by atoms with van der Waals surface area (Å²) in [6.45, 7) is 9.97. The van der Waals surface area contributed by atoms with E-state index in [0.29, 0.717) is 11.3 Å². The number of anilines is 1. The molecule has 3 aromatic heterocycles. The van der Waals surface area contributed by atoms with Crippen LogP contribution < -0.4 is 4.90 Å². The molecule has 0 fully saturated rings. The fraction of sp³-hybridized carbons (Fsp3) is 0.344. The van der Waals surface area contributed by atoms with Gasteiger partial charge in [-0.3, -0.25) is 4.98 Å². The van der Waals surface area contributed by atoms with Crippen molar-refractivity contribution < 1.29 is 27.9 Å². The molecule has 45 heavy (non-hydrogen) atoms. The number of hydrogen-bond donors (Lipinski definition) is 1. The van der Waals surface area contributed by atoms with Gasteiger partial charge < -0.3 is 9.84 Å². The molecule has 0 bridgehead atoms. The SMILES string of the molecule is CC(C)(C)OC(=O)N(c1cccc(CN(Cc2ccc(-n3cccn3)cc2)S(=O)(=O)c2cccnc2)n1)C(C(=O)O)C(C)(C)C. The number of carboxylic acids is 1. The molecule has 3 heterocycles. The van der Waals surface area contributed by atoms with E-state index in [2.05, 4.69) is 15.1 Å². The molecule has 238 valence electrons. The summed E-state index contributed by atoms with van der Waals surface area (Å²) >= 11 is 0. The number of sulfonamides is 1. The van der Waals surface area contributed by atoms with E-state index >= 15 is 0 Å². The van der Waals surface area contributed by atoms with Gasteiger partial charge >= 0.3 is 12.1 Å². The third-order valence-corrected chi connectivity index (χ3v) is 8.39. The van der Waals surface area contributed by atoms with Crippen molar-refractivity contribution in [3.05, 3.63) is 96.7 Å². The molecule has 1 aromatic carbocycles. The van der Waals surface area contributed by atoms with E-state index in [1.54, 1.807) is 76.7 Å². The molecular weight excluding hydrogens is 596 g/mol. The predicted molar refractivity (Wildman–Crippen MR) is 168 cm³/mol. The second-order valence-electron chi connectivity index (χ2n) is 12.5. The summed E-state index contributed by atoms with van der Waals surface area (Å²) < 4.78 is 36.3. The summed E-state index contributed by atoms with van der Waals surface area (Å²) in [5.74, 6) is -1.22. The predicted octanol–water partition coefficient (Wildman–Crippen LogP) is 5.29. The van der Waals surface area contributed by atoms with Crippen LogP contribution in [0, 0.1) is 5.41 Å². The van der Waals surface area contributed by atoms with Gasteiger partial charge in [0.15, 0.2) is 0 Å². The van der Waals surface area contributed by atoms with Crippen molar-refractivity contribution in [2.24, 2.45) is 5.41 Å². The lowest BCUT2D eigenvalue weighted by atomic mass is 9.85. The van der Waals surface area contributed by atoms with Crippen molar-refractivity contribution in [2.45, 2.75) is 71.2 Å². The van der Waals surface area contributed by atoms with Gasteiger partial charge in [0.2, 0.25) is 10.0 Å². The quantitative estimate of drug-likeness (QED) is 0.246. The first kappa shape index (κ1) is 33.3. The third-order valence-electron chi connectivity index (χ3n) is 6.62. The molecule has 1 atom stereocenters. The molecule has 13 heteroatoms. The van der Waals surface area contributed by atoms with Crippen molar-refractivity contribution in [3.8, 4) is 5.69 Å². The zero-order valence-electron chi connectivity index (χ0n) is 26.2. The van der Waals surface area contributed by atoms with Gasteiger partial charge in [0.25, 0.3) is 0 Å². The van der Waals surface area contributed by atoms with Crippen LogP contribution in [-0.4, -0.2) is 61.3 Å². The van der Waals surface area contributed by atoms with Crippen molar-refractivity contribution >= 4 is 27.9 Å². The summed E-state index contributed by atoms with van der Waals surface area (Å²) in [6, 6.07) is 15.5. The molecule has 0 saturated heterocycles. The standard InChI is InChI=1S/C32H38N6O6S/c1-31(2,3)28(29(39)40)38(30(41)44-32(4,5)6)27-12-7-10-24(35-27)22-36(45(42,43)26-11-8-17-33-20-26)21-23-13-15-25(16-14-23)37-19-9-18-34-37/h7-20,28H,21-22H2,1-6H3,(H,39,40). The van der Waals surface area contributed by atoms with E-state index in [0.717, 1.165) is 10.6 Å². The molecular formula is C32H38N6O6S. The van der Waals surface area contributed by atoms with Gasteiger partial charge in [-0.1, -0.05) is 39.0 Å². The number of amides is 1. The fourth-order valence-corrected chi connectivity index (χ4v) is 6.00. The minimum absolute atomic E-state index is 0.00194. The maximum absolute atomic E-state index is 13.9. The van der Waals surface area contributed by atoms with Crippen LogP contribution >= 0.6 is 0 Å². The van der Waals surface area contributed by atoms with Gasteiger partial charge in [0, 0.05) is 31.3 Å². The Hall–Kier alpha value is -4.62. The first-order valence-electron chi connectivity index (χ1n) is 14.3. The van der Waals surface area contributed by atoms with E-state index in [1.165, 1.54) is 28.8 Å². The van der Waals surface area contributed by atoms with Gasteiger partial charge in [0.1, 0.15) is 22.4 Å². The van der Waals surface area contributed by atoms with E-state index in [1.807, 2.05) is 30.5 Å². The first-order chi connectivity index (χ1) is 21.1. The number of benzene rings is 1. The maximum Gasteiger partial charge on any atom is 0.416 e. The van der Waals surface area contributed by atoms with Crippen molar-refractivity contribution in [1.82, 2.24) is 24.1 Å². The van der Waals surface area contributed by atoms with Gasteiger partial charge in [-0.2, -0.15) is 9.40 Å². The normalized spacial score (nSPS) is 13.0. The summed E-state index contributed by atoms with van der Waals surface area (Å²) in [7, 11) is -4.06. The molecule has 1 unspecified atom stereocenters. The highest BCUT2D eigenvalue weighted by atomic mass is 32.2. The van der Waals surface area contributed by atoms with Crippen LogP contribution in [0.15, 0.2) is 90.3 Å². The molecule has 0 aliphatic rings. The van der Waals surface area contributed by atoms with Crippen molar-refractivity contribution in [2.75, 3.05) is 4.90 Å². The highest BCUT2D eigenvalue weighted by molar-refractivity contribution is 7.89. The van der Waals surface area contributed by atoms with E-state index in [4.69, 9.17) is 4.74 Å². The Balaban J connectivity index is 1.74. The van der Waals surface area contributed by atoms with Crippen LogP contribution in [0.5, 0.6) is 0 Å².